The third-order valence-electron chi connectivity index (χ3n) is 5.69. The fourth-order valence-corrected chi connectivity index (χ4v) is 5.41. The van der Waals surface area contributed by atoms with Crippen LogP contribution in [0.4, 0.5) is 4.79 Å². The fourth-order valence-electron chi connectivity index (χ4n) is 4.19. The van der Waals surface area contributed by atoms with Gasteiger partial charge in [-0.1, -0.05) is 19.8 Å². The monoisotopic (exact) mass is 388 g/mol. The van der Waals surface area contributed by atoms with E-state index in [1.54, 1.807) is 11.3 Å². The molecule has 2 aromatic heterocycles. The van der Waals surface area contributed by atoms with Crippen LogP contribution in [0.3, 0.4) is 0 Å². The molecule has 7 nitrogen and oxygen atoms in total. The zero-order valence-electron chi connectivity index (χ0n) is 15.4. The molecule has 2 aromatic rings. The maximum atomic E-state index is 12.8. The smallest absolute Gasteiger partial charge is 0.321 e. The van der Waals surface area contributed by atoms with E-state index in [4.69, 9.17) is 0 Å². The van der Waals surface area contributed by atoms with Gasteiger partial charge in [0.15, 0.2) is 0 Å². The Hall–Kier alpha value is -2.22. The van der Waals surface area contributed by atoms with Gasteiger partial charge in [-0.05, 0) is 43.6 Å². The van der Waals surface area contributed by atoms with Crippen molar-refractivity contribution in [3.8, 4) is 0 Å². The largest absolute Gasteiger partial charge is 0.335 e. The Morgan fingerprint density at radius 3 is 2.89 bits per heavy atom. The van der Waals surface area contributed by atoms with Crippen molar-refractivity contribution in [3.63, 3.8) is 0 Å². The molecule has 2 aliphatic rings. The Morgan fingerprint density at radius 1 is 1.26 bits per heavy atom. The average Bonchev–Trinajstić information content (AvgIpc) is 3.20. The first-order chi connectivity index (χ1) is 13.0. The van der Waals surface area contributed by atoms with E-state index in [0.717, 1.165) is 48.9 Å². The Labute approximate surface area is 161 Å². The summed E-state index contributed by atoms with van der Waals surface area (Å²) < 4.78 is 1.29. The van der Waals surface area contributed by atoms with Gasteiger partial charge in [0.1, 0.15) is 11.4 Å². The lowest BCUT2D eigenvalue weighted by atomic mass is 9.86. The molecule has 1 saturated carbocycles. The number of fused-ring (bicyclic) bond motifs is 3. The van der Waals surface area contributed by atoms with Crippen molar-refractivity contribution in [3.05, 3.63) is 27.1 Å². The lowest BCUT2D eigenvalue weighted by Gasteiger charge is -2.29. The maximum absolute atomic E-state index is 12.8. The van der Waals surface area contributed by atoms with Crippen LogP contribution in [-0.2, 0) is 24.2 Å². The number of hydrogen-bond donors (Lipinski definition) is 2. The molecule has 2 heterocycles. The number of rotatable bonds is 3. The standard InChI is InChI=1S/C19H24N4O3S/c1-11-5-2-3-7-13(11)21-19(26)22-15(24)9-23-10-20-17-16(18(23)25)12-6-4-8-14(12)27-17/h10-11,13H,2-9H2,1H3,(H2,21,22,24,26). The first kappa shape index (κ1) is 18.2. The van der Waals surface area contributed by atoms with Crippen LogP contribution in [-0.4, -0.2) is 27.5 Å². The quantitative estimate of drug-likeness (QED) is 0.844. The molecular formula is C19H24N4O3S. The van der Waals surface area contributed by atoms with Gasteiger partial charge in [0.25, 0.3) is 5.56 Å². The SMILES string of the molecule is CC1CCCCC1NC(=O)NC(=O)Cn1cnc2sc3c(c2c1=O)CCC3. The minimum Gasteiger partial charge on any atom is -0.335 e. The van der Waals surface area contributed by atoms with Gasteiger partial charge in [0.2, 0.25) is 5.91 Å². The van der Waals surface area contributed by atoms with Crippen LogP contribution in [0, 0.1) is 5.92 Å². The summed E-state index contributed by atoms with van der Waals surface area (Å²) in [5, 5.41) is 5.87. The van der Waals surface area contributed by atoms with E-state index in [-0.39, 0.29) is 18.1 Å². The molecule has 144 valence electrons. The van der Waals surface area contributed by atoms with Crippen molar-refractivity contribution in [2.45, 2.75) is 64.5 Å². The number of hydrogen-bond acceptors (Lipinski definition) is 5. The molecule has 2 aliphatic carbocycles. The summed E-state index contributed by atoms with van der Waals surface area (Å²) in [6, 6.07) is -0.391. The van der Waals surface area contributed by atoms with E-state index < -0.39 is 11.9 Å². The molecule has 2 atom stereocenters. The van der Waals surface area contributed by atoms with Crippen LogP contribution >= 0.6 is 11.3 Å². The summed E-state index contributed by atoms with van der Waals surface area (Å²) in [4.78, 5) is 43.5. The topological polar surface area (TPSA) is 93.1 Å². The van der Waals surface area contributed by atoms with E-state index in [1.807, 2.05) is 0 Å². The van der Waals surface area contributed by atoms with Crippen molar-refractivity contribution < 1.29 is 9.59 Å². The van der Waals surface area contributed by atoms with Gasteiger partial charge in [-0.15, -0.1) is 11.3 Å². The Kier molecular flexibility index (Phi) is 4.99. The van der Waals surface area contributed by atoms with E-state index in [9.17, 15) is 14.4 Å². The highest BCUT2D eigenvalue weighted by Gasteiger charge is 2.24. The zero-order valence-corrected chi connectivity index (χ0v) is 16.2. The molecule has 1 fully saturated rings. The first-order valence-corrected chi connectivity index (χ1v) is 10.4. The van der Waals surface area contributed by atoms with Gasteiger partial charge < -0.3 is 5.32 Å². The lowest BCUT2D eigenvalue weighted by Crippen LogP contribution is -2.48. The van der Waals surface area contributed by atoms with Crippen molar-refractivity contribution in [2.75, 3.05) is 0 Å². The minimum absolute atomic E-state index is 0.0979. The number of carbonyl (C=O) groups is 2. The van der Waals surface area contributed by atoms with Crippen molar-refractivity contribution in [1.82, 2.24) is 20.2 Å². The van der Waals surface area contributed by atoms with Crippen LogP contribution in [0.25, 0.3) is 10.2 Å². The molecule has 27 heavy (non-hydrogen) atoms. The van der Waals surface area contributed by atoms with Gasteiger partial charge in [-0.25, -0.2) is 9.78 Å². The number of thiophene rings is 1. The summed E-state index contributed by atoms with van der Waals surface area (Å²) in [5.74, 6) is -0.0967. The second kappa shape index (κ2) is 7.42. The molecule has 3 amide bonds. The number of nitrogens with one attached hydrogen (secondary N) is 2. The molecular weight excluding hydrogens is 364 g/mol. The predicted octanol–water partition coefficient (Wildman–Crippen LogP) is 2.35. The molecule has 0 aliphatic heterocycles. The minimum atomic E-state index is -0.508. The highest BCUT2D eigenvalue weighted by molar-refractivity contribution is 7.18. The summed E-state index contributed by atoms with van der Waals surface area (Å²) in [6.45, 7) is 1.91. The van der Waals surface area contributed by atoms with Gasteiger partial charge in [-0.3, -0.25) is 19.5 Å². The Morgan fingerprint density at radius 2 is 2.07 bits per heavy atom. The van der Waals surface area contributed by atoms with Crippen LogP contribution < -0.4 is 16.2 Å². The summed E-state index contributed by atoms with van der Waals surface area (Å²) in [6.07, 6.45) is 8.65. The average molecular weight is 388 g/mol. The lowest BCUT2D eigenvalue weighted by molar-refractivity contribution is -0.120. The second-order valence-corrected chi connectivity index (χ2v) is 8.69. The number of aryl methyl sites for hydroxylation is 2. The zero-order chi connectivity index (χ0) is 19.0. The molecule has 0 spiro atoms. The number of nitrogens with zero attached hydrogens (tertiary/aromatic N) is 2. The molecule has 2 N–H and O–H groups in total. The normalized spacial score (nSPS) is 21.8. The van der Waals surface area contributed by atoms with Gasteiger partial charge >= 0.3 is 6.03 Å². The highest BCUT2D eigenvalue weighted by atomic mass is 32.1. The number of urea groups is 1. The molecule has 0 radical (unpaired) electrons. The first-order valence-electron chi connectivity index (χ1n) is 9.63. The molecule has 8 heteroatoms. The van der Waals surface area contributed by atoms with Gasteiger partial charge in [0, 0.05) is 10.9 Å². The van der Waals surface area contributed by atoms with E-state index in [2.05, 4.69) is 22.5 Å². The molecule has 0 saturated heterocycles. The molecule has 4 rings (SSSR count). The molecule has 0 aromatic carbocycles. The molecule has 2 unspecified atom stereocenters. The summed E-state index contributed by atoms with van der Waals surface area (Å²) in [5.41, 5.74) is 0.891. The highest BCUT2D eigenvalue weighted by Crippen LogP contribution is 2.34. The van der Waals surface area contributed by atoms with Crippen LogP contribution in [0.2, 0.25) is 0 Å². The van der Waals surface area contributed by atoms with Crippen molar-refractivity contribution >= 4 is 33.5 Å². The van der Waals surface area contributed by atoms with Crippen molar-refractivity contribution in [1.29, 1.82) is 0 Å². The summed E-state index contributed by atoms with van der Waals surface area (Å²) in [7, 11) is 0. The fraction of sp³-hybridized carbons (Fsp3) is 0.579. The van der Waals surface area contributed by atoms with Crippen molar-refractivity contribution in [2.24, 2.45) is 5.92 Å². The summed E-state index contributed by atoms with van der Waals surface area (Å²) >= 11 is 1.57. The van der Waals surface area contributed by atoms with Crippen LogP contribution in [0.5, 0.6) is 0 Å². The Bertz CT molecular complexity index is 948. The van der Waals surface area contributed by atoms with E-state index in [1.165, 1.54) is 22.2 Å². The number of carbonyl (C=O) groups excluding carboxylic acids is 2. The van der Waals surface area contributed by atoms with Crippen LogP contribution in [0.15, 0.2) is 11.1 Å². The van der Waals surface area contributed by atoms with E-state index >= 15 is 0 Å². The van der Waals surface area contributed by atoms with Gasteiger partial charge in [0.05, 0.1) is 11.7 Å². The third kappa shape index (κ3) is 3.63. The molecule has 0 bridgehead atoms. The number of amides is 3. The number of imide groups is 1. The van der Waals surface area contributed by atoms with Gasteiger partial charge in [-0.2, -0.15) is 0 Å². The number of aromatic nitrogens is 2. The third-order valence-corrected chi connectivity index (χ3v) is 6.89. The second-order valence-electron chi connectivity index (χ2n) is 7.60. The Balaban J connectivity index is 1.43. The van der Waals surface area contributed by atoms with Crippen LogP contribution in [0.1, 0.15) is 49.5 Å². The van der Waals surface area contributed by atoms with E-state index in [0.29, 0.717) is 11.3 Å². The predicted molar refractivity (Wildman–Crippen MR) is 104 cm³/mol. The maximum Gasteiger partial charge on any atom is 0.321 e.